The molecule has 7 nitrogen and oxygen atoms in total. The molecule has 1 aliphatic rings. The Hall–Kier alpha value is -3.53. The number of carbonyl (C=O) groups excluding carboxylic acids is 2. The molecule has 0 aromatic heterocycles. The molecule has 156 valence electrons. The third kappa shape index (κ3) is 4.23. The Balaban J connectivity index is 1.81. The predicted octanol–water partition coefficient (Wildman–Crippen LogP) is 3.88. The van der Waals surface area contributed by atoms with Crippen molar-refractivity contribution in [1.29, 1.82) is 5.26 Å². The monoisotopic (exact) mass is 408 g/mol. The summed E-state index contributed by atoms with van der Waals surface area (Å²) in [5.41, 5.74) is 1.63. The minimum absolute atomic E-state index is 0.0142. The number of cyclic esters (lactones) is 1. The van der Waals surface area contributed by atoms with E-state index in [0.717, 1.165) is 16.0 Å². The molecule has 1 heterocycles. The molecule has 7 heteroatoms. The molecular formula is C23H24N2O5. The molecule has 1 saturated heterocycles. The van der Waals surface area contributed by atoms with Crippen LogP contribution >= 0.6 is 0 Å². The molecule has 0 N–H and O–H groups in total. The van der Waals surface area contributed by atoms with Crippen molar-refractivity contribution in [3.05, 3.63) is 59.7 Å². The Labute approximate surface area is 175 Å². The normalized spacial score (nSPS) is 19.0. The highest BCUT2D eigenvalue weighted by Crippen LogP contribution is 2.34. The van der Waals surface area contributed by atoms with Crippen LogP contribution in [0.1, 0.15) is 30.6 Å². The molecule has 2 aromatic rings. The zero-order chi connectivity index (χ0) is 21.7. The lowest BCUT2D eigenvalue weighted by atomic mass is 9.94. The van der Waals surface area contributed by atoms with Crippen LogP contribution in [0.25, 0.3) is 0 Å². The summed E-state index contributed by atoms with van der Waals surface area (Å²) < 4.78 is 16.0. The first-order chi connectivity index (χ1) is 14.5. The largest absolute Gasteiger partial charge is 0.493 e. The van der Waals surface area contributed by atoms with Crippen LogP contribution in [0.4, 0.5) is 4.79 Å². The van der Waals surface area contributed by atoms with Crippen molar-refractivity contribution in [3.63, 3.8) is 0 Å². The van der Waals surface area contributed by atoms with E-state index >= 15 is 0 Å². The van der Waals surface area contributed by atoms with E-state index in [2.05, 4.69) is 6.07 Å². The number of amides is 2. The number of hydrogen-bond donors (Lipinski definition) is 0. The van der Waals surface area contributed by atoms with Gasteiger partial charge in [0.2, 0.25) is 5.91 Å². The lowest BCUT2D eigenvalue weighted by Gasteiger charge is -2.23. The number of nitrogens with zero attached hydrogens (tertiary/aromatic N) is 2. The summed E-state index contributed by atoms with van der Waals surface area (Å²) in [5, 5.41) is 9.27. The van der Waals surface area contributed by atoms with Gasteiger partial charge >= 0.3 is 6.09 Å². The first kappa shape index (κ1) is 21.2. The zero-order valence-corrected chi connectivity index (χ0v) is 17.2. The summed E-state index contributed by atoms with van der Waals surface area (Å²) in [6, 6.07) is 16.2. The molecule has 1 fully saturated rings. The van der Waals surface area contributed by atoms with Crippen molar-refractivity contribution in [2.75, 3.05) is 14.2 Å². The third-order valence-corrected chi connectivity index (χ3v) is 5.25. The molecule has 3 atom stereocenters. The molecule has 2 amide bonds. The van der Waals surface area contributed by atoms with Crippen LogP contribution in [0.5, 0.6) is 11.5 Å². The number of carbonyl (C=O) groups is 2. The second kappa shape index (κ2) is 9.31. The van der Waals surface area contributed by atoms with Gasteiger partial charge < -0.3 is 14.2 Å². The van der Waals surface area contributed by atoms with E-state index in [1.54, 1.807) is 26.2 Å². The average molecular weight is 408 g/mol. The average Bonchev–Trinajstić information content (AvgIpc) is 3.07. The fourth-order valence-electron chi connectivity index (χ4n) is 3.69. The fraction of sp³-hybridized carbons (Fsp3) is 0.348. The van der Waals surface area contributed by atoms with E-state index in [1.165, 1.54) is 7.11 Å². The SMILES string of the molecule is COc1ccc(C[C@@H](CC#N)C(=O)N2C(=O)O[C@H](c3ccccc3)[C@@H]2C)cc1OC. The minimum Gasteiger partial charge on any atom is -0.493 e. The highest BCUT2D eigenvalue weighted by Gasteiger charge is 2.45. The Bertz CT molecular complexity index is 954. The van der Waals surface area contributed by atoms with Crippen molar-refractivity contribution in [2.24, 2.45) is 5.92 Å². The van der Waals surface area contributed by atoms with Crippen molar-refractivity contribution < 1.29 is 23.8 Å². The summed E-state index contributed by atoms with van der Waals surface area (Å²) in [4.78, 5) is 26.9. The van der Waals surface area contributed by atoms with Crippen molar-refractivity contribution in [1.82, 2.24) is 4.90 Å². The summed E-state index contributed by atoms with van der Waals surface area (Å²) in [6.07, 6.45) is -0.943. The Morgan fingerprint density at radius 1 is 1.17 bits per heavy atom. The van der Waals surface area contributed by atoms with Crippen LogP contribution in [0.2, 0.25) is 0 Å². The van der Waals surface area contributed by atoms with Crippen LogP contribution in [-0.2, 0) is 16.0 Å². The van der Waals surface area contributed by atoms with E-state index in [9.17, 15) is 14.9 Å². The van der Waals surface area contributed by atoms with Gasteiger partial charge in [-0.25, -0.2) is 9.69 Å². The topological polar surface area (TPSA) is 88.9 Å². The van der Waals surface area contributed by atoms with Crippen LogP contribution < -0.4 is 9.47 Å². The third-order valence-electron chi connectivity index (χ3n) is 5.25. The highest BCUT2D eigenvalue weighted by atomic mass is 16.6. The molecule has 0 bridgehead atoms. The van der Waals surface area contributed by atoms with E-state index in [4.69, 9.17) is 14.2 Å². The van der Waals surface area contributed by atoms with E-state index in [-0.39, 0.29) is 6.42 Å². The second-order valence-electron chi connectivity index (χ2n) is 7.12. The molecular weight excluding hydrogens is 384 g/mol. The number of methoxy groups -OCH3 is 2. The number of imide groups is 1. The standard InChI is InChI=1S/C23H24N2O5/c1-15-21(17-7-5-4-6-8-17)30-23(27)25(15)22(26)18(11-12-24)13-16-9-10-19(28-2)20(14-16)29-3/h4-10,14-15,18,21H,11,13H2,1-3H3/t15-,18+,21-/m0/s1. The van der Waals surface area contributed by atoms with E-state index < -0.39 is 30.1 Å². The molecule has 30 heavy (non-hydrogen) atoms. The first-order valence-corrected chi connectivity index (χ1v) is 9.66. The summed E-state index contributed by atoms with van der Waals surface area (Å²) in [7, 11) is 3.08. The Morgan fingerprint density at radius 2 is 1.87 bits per heavy atom. The summed E-state index contributed by atoms with van der Waals surface area (Å²) in [5.74, 6) is 0.0167. The molecule has 0 radical (unpaired) electrons. The van der Waals surface area contributed by atoms with Gasteiger partial charge in [0.05, 0.1) is 32.2 Å². The highest BCUT2D eigenvalue weighted by molar-refractivity contribution is 5.95. The predicted molar refractivity (Wildman–Crippen MR) is 109 cm³/mol. The molecule has 0 unspecified atom stereocenters. The molecule has 0 saturated carbocycles. The van der Waals surface area contributed by atoms with Gasteiger partial charge in [-0.15, -0.1) is 0 Å². The maximum absolute atomic E-state index is 13.2. The molecule has 0 spiro atoms. The van der Waals surface area contributed by atoms with Gasteiger partial charge in [0.1, 0.15) is 6.10 Å². The maximum atomic E-state index is 13.2. The number of rotatable bonds is 7. The molecule has 3 rings (SSSR count). The summed E-state index contributed by atoms with van der Waals surface area (Å²) >= 11 is 0. The number of ether oxygens (including phenoxy) is 3. The van der Waals surface area contributed by atoms with Crippen LogP contribution in [0.3, 0.4) is 0 Å². The number of benzene rings is 2. The minimum atomic E-state index is -0.684. The van der Waals surface area contributed by atoms with Gasteiger partial charge in [-0.3, -0.25) is 4.79 Å². The van der Waals surface area contributed by atoms with Gasteiger partial charge in [0.25, 0.3) is 0 Å². The molecule has 0 aliphatic carbocycles. The number of hydrogen-bond acceptors (Lipinski definition) is 6. The van der Waals surface area contributed by atoms with Crippen molar-refractivity contribution in [3.8, 4) is 17.6 Å². The molecule has 2 aromatic carbocycles. The van der Waals surface area contributed by atoms with Crippen LogP contribution in [-0.4, -0.2) is 37.2 Å². The van der Waals surface area contributed by atoms with Crippen LogP contribution in [0.15, 0.2) is 48.5 Å². The first-order valence-electron chi connectivity index (χ1n) is 9.66. The fourth-order valence-corrected chi connectivity index (χ4v) is 3.69. The zero-order valence-electron chi connectivity index (χ0n) is 17.2. The number of nitriles is 1. The second-order valence-corrected chi connectivity index (χ2v) is 7.12. The quantitative estimate of drug-likeness (QED) is 0.691. The van der Waals surface area contributed by atoms with Gasteiger partial charge in [0, 0.05) is 6.42 Å². The lowest BCUT2D eigenvalue weighted by molar-refractivity contribution is -0.133. The van der Waals surface area contributed by atoms with Crippen molar-refractivity contribution >= 4 is 12.0 Å². The smallest absolute Gasteiger partial charge is 0.417 e. The lowest BCUT2D eigenvalue weighted by Crippen LogP contribution is -2.42. The maximum Gasteiger partial charge on any atom is 0.417 e. The van der Waals surface area contributed by atoms with Gasteiger partial charge in [-0.2, -0.15) is 5.26 Å². The Kier molecular flexibility index (Phi) is 6.58. The Morgan fingerprint density at radius 3 is 2.50 bits per heavy atom. The van der Waals surface area contributed by atoms with Gasteiger partial charge in [-0.1, -0.05) is 36.4 Å². The van der Waals surface area contributed by atoms with Crippen LogP contribution in [0, 0.1) is 17.2 Å². The van der Waals surface area contributed by atoms with E-state index in [0.29, 0.717) is 17.9 Å². The van der Waals surface area contributed by atoms with E-state index in [1.807, 2.05) is 36.4 Å². The van der Waals surface area contributed by atoms with Gasteiger partial charge in [0.15, 0.2) is 11.5 Å². The molecule has 1 aliphatic heterocycles. The summed E-state index contributed by atoms with van der Waals surface area (Å²) in [6.45, 7) is 1.78. The van der Waals surface area contributed by atoms with Crippen molar-refractivity contribution in [2.45, 2.75) is 31.9 Å². The van der Waals surface area contributed by atoms with Gasteiger partial charge in [-0.05, 0) is 36.6 Å².